The Kier molecular flexibility index (Phi) is 4.64. The lowest BCUT2D eigenvalue weighted by Gasteiger charge is -2.09. The Bertz CT molecular complexity index is 1020. The van der Waals surface area contributed by atoms with Crippen LogP contribution in [0.2, 0.25) is 0 Å². The van der Waals surface area contributed by atoms with Gasteiger partial charge in [-0.3, -0.25) is 4.79 Å². The maximum atomic E-state index is 12.6. The van der Waals surface area contributed by atoms with Gasteiger partial charge < -0.3 is 9.67 Å². The number of halogens is 1. The third kappa shape index (κ3) is 3.18. The van der Waals surface area contributed by atoms with E-state index in [0.717, 1.165) is 8.66 Å². The number of carboxylic acid groups (broad SMARTS) is 1. The SMILES string of the molecule is CCn1c(=O)c(/C=C\c2ccc(Br)s2)nc2cc(C(=O)O)ccc21. The molecular formula is C17H13BrN2O3S. The predicted molar refractivity (Wildman–Crippen MR) is 99.6 cm³/mol. The number of thiophene rings is 1. The number of carboxylic acids is 1. The van der Waals surface area contributed by atoms with Crippen molar-refractivity contribution in [2.75, 3.05) is 0 Å². The average Bonchev–Trinajstić information content (AvgIpc) is 2.98. The molecule has 7 heteroatoms. The molecule has 1 aromatic carbocycles. The van der Waals surface area contributed by atoms with E-state index in [1.165, 1.54) is 12.1 Å². The topological polar surface area (TPSA) is 72.2 Å². The molecule has 0 aliphatic heterocycles. The van der Waals surface area contributed by atoms with Gasteiger partial charge in [0.25, 0.3) is 5.56 Å². The summed E-state index contributed by atoms with van der Waals surface area (Å²) in [6.45, 7) is 2.35. The lowest BCUT2D eigenvalue weighted by atomic mass is 10.2. The van der Waals surface area contributed by atoms with E-state index in [2.05, 4.69) is 20.9 Å². The minimum Gasteiger partial charge on any atom is -0.478 e. The van der Waals surface area contributed by atoms with Crippen LogP contribution in [-0.4, -0.2) is 20.6 Å². The second kappa shape index (κ2) is 6.70. The molecular weight excluding hydrogens is 392 g/mol. The number of hydrogen-bond acceptors (Lipinski definition) is 4. The van der Waals surface area contributed by atoms with Crippen LogP contribution >= 0.6 is 27.3 Å². The van der Waals surface area contributed by atoms with Crippen molar-refractivity contribution in [1.29, 1.82) is 0 Å². The lowest BCUT2D eigenvalue weighted by molar-refractivity contribution is 0.0697. The number of aromatic nitrogens is 2. The standard InChI is InChI=1S/C17H13BrN2O3S/c1-2-20-14-7-3-10(17(22)23)9-13(14)19-12(16(20)21)6-4-11-5-8-15(18)24-11/h3-9H,2H2,1H3,(H,22,23)/b6-4-. The molecule has 0 fully saturated rings. The Morgan fingerprint density at radius 2 is 2.12 bits per heavy atom. The van der Waals surface area contributed by atoms with Crippen LogP contribution in [0, 0.1) is 0 Å². The molecule has 0 spiro atoms. The fourth-order valence-electron chi connectivity index (χ4n) is 2.40. The molecule has 2 aromatic heterocycles. The highest BCUT2D eigenvalue weighted by molar-refractivity contribution is 9.11. The van der Waals surface area contributed by atoms with Gasteiger partial charge in [0, 0.05) is 11.4 Å². The summed E-state index contributed by atoms with van der Waals surface area (Å²) in [6, 6.07) is 8.47. The monoisotopic (exact) mass is 404 g/mol. The number of benzene rings is 1. The molecule has 0 saturated carbocycles. The van der Waals surface area contributed by atoms with E-state index in [-0.39, 0.29) is 16.8 Å². The molecule has 122 valence electrons. The first kappa shape index (κ1) is 16.6. The zero-order chi connectivity index (χ0) is 17.3. The Balaban J connectivity index is 2.16. The van der Waals surface area contributed by atoms with Crippen molar-refractivity contribution in [3.63, 3.8) is 0 Å². The van der Waals surface area contributed by atoms with E-state index >= 15 is 0 Å². The summed E-state index contributed by atoms with van der Waals surface area (Å²) in [6.07, 6.45) is 3.49. The average molecular weight is 405 g/mol. The van der Waals surface area contributed by atoms with Crippen LogP contribution in [-0.2, 0) is 6.54 Å². The van der Waals surface area contributed by atoms with Crippen molar-refractivity contribution < 1.29 is 9.90 Å². The number of nitrogens with zero attached hydrogens (tertiary/aromatic N) is 2. The molecule has 3 rings (SSSR count). The van der Waals surface area contributed by atoms with Crippen LogP contribution in [0.25, 0.3) is 23.2 Å². The van der Waals surface area contributed by atoms with E-state index in [4.69, 9.17) is 5.11 Å². The Hall–Kier alpha value is -2.25. The van der Waals surface area contributed by atoms with Crippen LogP contribution in [0.1, 0.15) is 27.9 Å². The third-order valence-electron chi connectivity index (χ3n) is 3.53. The summed E-state index contributed by atoms with van der Waals surface area (Å²) >= 11 is 4.95. The third-order valence-corrected chi connectivity index (χ3v) is 5.12. The van der Waals surface area contributed by atoms with Crippen molar-refractivity contribution in [2.45, 2.75) is 13.5 Å². The van der Waals surface area contributed by atoms with Crippen LogP contribution in [0.5, 0.6) is 0 Å². The van der Waals surface area contributed by atoms with Gasteiger partial charge in [-0.1, -0.05) is 0 Å². The van der Waals surface area contributed by atoms with Crippen molar-refractivity contribution in [1.82, 2.24) is 9.55 Å². The van der Waals surface area contributed by atoms with Gasteiger partial charge in [0.15, 0.2) is 0 Å². The van der Waals surface area contributed by atoms with E-state index in [0.29, 0.717) is 17.6 Å². The molecule has 5 nitrogen and oxygen atoms in total. The number of aryl methyl sites for hydroxylation is 1. The van der Waals surface area contributed by atoms with Gasteiger partial charge in [0.1, 0.15) is 5.69 Å². The molecule has 0 aliphatic carbocycles. The number of hydrogen-bond donors (Lipinski definition) is 1. The smallest absolute Gasteiger partial charge is 0.335 e. The molecule has 0 atom stereocenters. The molecule has 1 N–H and O–H groups in total. The minimum atomic E-state index is -1.02. The van der Waals surface area contributed by atoms with E-state index in [9.17, 15) is 9.59 Å². The fourth-order valence-corrected chi connectivity index (χ4v) is 3.73. The molecule has 3 aromatic rings. The largest absolute Gasteiger partial charge is 0.478 e. The molecule has 0 saturated heterocycles. The maximum absolute atomic E-state index is 12.6. The molecule has 24 heavy (non-hydrogen) atoms. The normalized spacial score (nSPS) is 11.4. The highest BCUT2D eigenvalue weighted by Gasteiger charge is 2.11. The molecule has 0 aliphatic rings. The second-order valence-corrected chi connectivity index (χ2v) is 7.52. The summed E-state index contributed by atoms with van der Waals surface area (Å²) in [5.41, 5.74) is 1.36. The summed E-state index contributed by atoms with van der Waals surface area (Å²) in [5.74, 6) is -1.02. The molecule has 0 radical (unpaired) electrons. The zero-order valence-corrected chi connectivity index (χ0v) is 15.1. The zero-order valence-electron chi connectivity index (χ0n) is 12.7. The summed E-state index contributed by atoms with van der Waals surface area (Å²) < 4.78 is 2.60. The number of rotatable bonds is 4. The number of fused-ring (bicyclic) bond motifs is 1. The molecule has 2 heterocycles. The van der Waals surface area contributed by atoms with Crippen LogP contribution in [0.15, 0.2) is 38.9 Å². The quantitative estimate of drug-likeness (QED) is 0.709. The van der Waals surface area contributed by atoms with Crippen molar-refractivity contribution in [3.05, 3.63) is 60.6 Å². The van der Waals surface area contributed by atoms with Gasteiger partial charge >= 0.3 is 5.97 Å². The Labute approximate surface area is 150 Å². The second-order valence-electron chi connectivity index (χ2n) is 5.03. The van der Waals surface area contributed by atoms with Crippen molar-refractivity contribution in [2.24, 2.45) is 0 Å². The van der Waals surface area contributed by atoms with Crippen molar-refractivity contribution >= 4 is 56.4 Å². The number of carbonyl (C=O) groups is 1. The van der Waals surface area contributed by atoms with E-state index < -0.39 is 5.97 Å². The Morgan fingerprint density at radius 3 is 2.75 bits per heavy atom. The highest BCUT2D eigenvalue weighted by atomic mass is 79.9. The number of aromatic carboxylic acids is 1. The van der Waals surface area contributed by atoms with Gasteiger partial charge in [0.2, 0.25) is 0 Å². The van der Waals surface area contributed by atoms with E-state index in [1.54, 1.807) is 28.0 Å². The summed E-state index contributed by atoms with van der Waals surface area (Å²) in [4.78, 5) is 29.1. The van der Waals surface area contributed by atoms with Gasteiger partial charge in [-0.15, -0.1) is 11.3 Å². The molecule has 0 bridgehead atoms. The van der Waals surface area contributed by atoms with Gasteiger partial charge in [0.05, 0.1) is 20.4 Å². The van der Waals surface area contributed by atoms with Gasteiger partial charge in [-0.05, 0) is 65.3 Å². The van der Waals surface area contributed by atoms with Gasteiger partial charge in [-0.2, -0.15) is 0 Å². The first-order valence-electron chi connectivity index (χ1n) is 7.21. The summed E-state index contributed by atoms with van der Waals surface area (Å²) in [7, 11) is 0. The first-order chi connectivity index (χ1) is 11.5. The fraction of sp³-hybridized carbons (Fsp3) is 0.118. The highest BCUT2D eigenvalue weighted by Crippen LogP contribution is 2.23. The minimum absolute atomic E-state index is 0.147. The van der Waals surface area contributed by atoms with Crippen molar-refractivity contribution in [3.8, 4) is 0 Å². The van der Waals surface area contributed by atoms with Gasteiger partial charge in [-0.25, -0.2) is 9.78 Å². The van der Waals surface area contributed by atoms with E-state index in [1.807, 2.05) is 25.1 Å². The molecule has 0 amide bonds. The maximum Gasteiger partial charge on any atom is 0.335 e. The molecule has 0 unspecified atom stereocenters. The van der Waals surface area contributed by atoms with Crippen LogP contribution in [0.4, 0.5) is 0 Å². The van der Waals surface area contributed by atoms with Crippen LogP contribution < -0.4 is 5.56 Å². The lowest BCUT2D eigenvalue weighted by Crippen LogP contribution is -2.23. The summed E-state index contributed by atoms with van der Waals surface area (Å²) in [5, 5.41) is 9.14. The predicted octanol–water partition coefficient (Wildman–Crippen LogP) is 4.11. The first-order valence-corrected chi connectivity index (χ1v) is 8.82. The Morgan fingerprint density at radius 1 is 1.33 bits per heavy atom. The van der Waals surface area contributed by atoms with Crippen LogP contribution in [0.3, 0.4) is 0 Å².